The number of fused-ring (bicyclic) bond motifs is 1. The lowest BCUT2D eigenvalue weighted by Crippen LogP contribution is -2.13. The predicted octanol–water partition coefficient (Wildman–Crippen LogP) is 2.86. The lowest BCUT2D eigenvalue weighted by molar-refractivity contribution is 0.102. The number of rotatable bonds is 2. The van der Waals surface area contributed by atoms with Crippen molar-refractivity contribution in [2.75, 3.05) is 5.32 Å². The SMILES string of the molecule is O=C(Nc1nccnc1Cl)c1c[nH]c2ccccc12. The van der Waals surface area contributed by atoms with E-state index in [2.05, 4.69) is 20.3 Å². The van der Waals surface area contributed by atoms with Crippen LogP contribution in [0.25, 0.3) is 10.9 Å². The highest BCUT2D eigenvalue weighted by Gasteiger charge is 2.13. The minimum atomic E-state index is -0.278. The highest BCUT2D eigenvalue weighted by atomic mass is 35.5. The molecule has 0 atom stereocenters. The average molecular weight is 273 g/mol. The van der Waals surface area contributed by atoms with Gasteiger partial charge in [0.15, 0.2) is 11.0 Å². The fraction of sp³-hybridized carbons (Fsp3) is 0. The first kappa shape index (κ1) is 11.7. The van der Waals surface area contributed by atoms with Gasteiger partial charge in [-0.25, -0.2) is 9.97 Å². The van der Waals surface area contributed by atoms with Gasteiger partial charge in [-0.2, -0.15) is 0 Å². The van der Waals surface area contributed by atoms with Crippen LogP contribution in [0.3, 0.4) is 0 Å². The molecule has 0 aliphatic carbocycles. The molecular formula is C13H9ClN4O. The van der Waals surface area contributed by atoms with E-state index in [1.54, 1.807) is 6.20 Å². The van der Waals surface area contributed by atoms with Crippen LogP contribution in [0.1, 0.15) is 10.4 Å². The third-order valence-corrected chi connectivity index (χ3v) is 3.00. The molecule has 0 aliphatic heterocycles. The van der Waals surface area contributed by atoms with Gasteiger partial charge in [-0.15, -0.1) is 0 Å². The van der Waals surface area contributed by atoms with E-state index in [1.807, 2.05) is 24.3 Å². The minimum absolute atomic E-state index is 0.163. The Balaban J connectivity index is 1.95. The summed E-state index contributed by atoms with van der Waals surface area (Å²) >= 11 is 5.85. The van der Waals surface area contributed by atoms with Crippen molar-refractivity contribution < 1.29 is 4.79 Å². The number of aromatic nitrogens is 3. The Morgan fingerprint density at radius 3 is 2.84 bits per heavy atom. The molecule has 3 aromatic rings. The van der Waals surface area contributed by atoms with Crippen LogP contribution in [-0.2, 0) is 0 Å². The Morgan fingerprint density at radius 1 is 1.21 bits per heavy atom. The number of nitrogens with zero attached hydrogens (tertiary/aromatic N) is 2. The number of aromatic amines is 1. The molecule has 0 saturated carbocycles. The number of hydrogen-bond donors (Lipinski definition) is 2. The molecule has 1 amide bonds. The number of carbonyl (C=O) groups excluding carboxylic acids is 1. The third kappa shape index (κ3) is 2.15. The molecule has 2 heterocycles. The molecule has 0 aliphatic rings. The van der Waals surface area contributed by atoms with Crippen LogP contribution in [0.15, 0.2) is 42.9 Å². The molecule has 94 valence electrons. The molecule has 5 nitrogen and oxygen atoms in total. The molecule has 0 fully saturated rings. The van der Waals surface area contributed by atoms with Gasteiger partial charge in [0.25, 0.3) is 5.91 Å². The average Bonchev–Trinajstić information content (AvgIpc) is 2.85. The number of anilines is 1. The maximum Gasteiger partial charge on any atom is 0.259 e. The fourth-order valence-corrected chi connectivity index (χ4v) is 1.99. The molecule has 0 unspecified atom stereocenters. The van der Waals surface area contributed by atoms with Crippen molar-refractivity contribution in [3.63, 3.8) is 0 Å². The van der Waals surface area contributed by atoms with E-state index < -0.39 is 0 Å². The molecule has 0 bridgehead atoms. The van der Waals surface area contributed by atoms with Gasteiger partial charge in [0.1, 0.15) is 0 Å². The summed E-state index contributed by atoms with van der Waals surface area (Å²) in [6.07, 6.45) is 4.59. The van der Waals surface area contributed by atoms with Crippen LogP contribution < -0.4 is 5.32 Å². The molecule has 2 aromatic heterocycles. The van der Waals surface area contributed by atoms with Crippen molar-refractivity contribution >= 4 is 34.2 Å². The van der Waals surface area contributed by atoms with Crippen molar-refractivity contribution in [3.05, 3.63) is 53.6 Å². The first-order valence-corrected chi connectivity index (χ1v) is 5.97. The smallest absolute Gasteiger partial charge is 0.259 e. The van der Waals surface area contributed by atoms with Gasteiger partial charge in [0.05, 0.1) is 5.56 Å². The summed E-state index contributed by atoms with van der Waals surface area (Å²) in [5, 5.41) is 3.65. The van der Waals surface area contributed by atoms with Gasteiger partial charge in [-0.3, -0.25) is 4.79 Å². The minimum Gasteiger partial charge on any atom is -0.360 e. The quantitative estimate of drug-likeness (QED) is 0.753. The summed E-state index contributed by atoms with van der Waals surface area (Å²) in [4.78, 5) is 23.1. The maximum absolute atomic E-state index is 12.2. The second kappa shape index (κ2) is 4.70. The summed E-state index contributed by atoms with van der Waals surface area (Å²) < 4.78 is 0. The number of H-pyrrole nitrogens is 1. The second-order valence-electron chi connectivity index (χ2n) is 3.90. The van der Waals surface area contributed by atoms with Crippen LogP contribution in [0.2, 0.25) is 5.15 Å². The van der Waals surface area contributed by atoms with Gasteiger partial charge >= 0.3 is 0 Å². The largest absolute Gasteiger partial charge is 0.360 e. The zero-order valence-corrected chi connectivity index (χ0v) is 10.5. The number of hydrogen-bond acceptors (Lipinski definition) is 3. The molecule has 2 N–H and O–H groups in total. The lowest BCUT2D eigenvalue weighted by Gasteiger charge is -2.04. The van der Waals surface area contributed by atoms with Crippen molar-refractivity contribution in [1.82, 2.24) is 15.0 Å². The second-order valence-corrected chi connectivity index (χ2v) is 4.26. The number of carbonyl (C=O) groups is 1. The van der Waals surface area contributed by atoms with E-state index in [9.17, 15) is 4.79 Å². The van der Waals surface area contributed by atoms with Crippen molar-refractivity contribution in [1.29, 1.82) is 0 Å². The first-order valence-electron chi connectivity index (χ1n) is 5.59. The molecule has 0 radical (unpaired) electrons. The van der Waals surface area contributed by atoms with Crippen molar-refractivity contribution in [2.24, 2.45) is 0 Å². The van der Waals surface area contributed by atoms with Crippen LogP contribution in [0.4, 0.5) is 5.82 Å². The number of nitrogens with one attached hydrogen (secondary N) is 2. The monoisotopic (exact) mass is 272 g/mol. The van der Waals surface area contributed by atoms with Crippen molar-refractivity contribution in [3.8, 4) is 0 Å². The molecule has 1 aromatic carbocycles. The predicted molar refractivity (Wildman–Crippen MR) is 73.3 cm³/mol. The summed E-state index contributed by atoms with van der Waals surface area (Å²) in [6, 6.07) is 7.56. The highest BCUT2D eigenvalue weighted by molar-refractivity contribution is 6.32. The van der Waals surface area contributed by atoms with Gasteiger partial charge in [-0.1, -0.05) is 29.8 Å². The zero-order valence-electron chi connectivity index (χ0n) is 9.72. The Bertz CT molecular complexity index is 753. The Morgan fingerprint density at radius 2 is 2.00 bits per heavy atom. The van der Waals surface area contributed by atoms with Crippen LogP contribution in [0.5, 0.6) is 0 Å². The van der Waals surface area contributed by atoms with E-state index in [4.69, 9.17) is 11.6 Å². The molecule has 6 heteroatoms. The van der Waals surface area contributed by atoms with Crippen LogP contribution in [0, 0.1) is 0 Å². The number of benzene rings is 1. The standard InChI is InChI=1S/C13H9ClN4O/c14-11-12(16-6-5-15-11)18-13(19)9-7-17-10-4-2-1-3-8(9)10/h1-7,17H,(H,16,18,19). The van der Waals surface area contributed by atoms with Gasteiger partial charge < -0.3 is 10.3 Å². The van der Waals surface area contributed by atoms with Gasteiger partial charge in [0, 0.05) is 29.5 Å². The third-order valence-electron chi connectivity index (χ3n) is 2.72. The van der Waals surface area contributed by atoms with E-state index in [0.29, 0.717) is 5.56 Å². The first-order chi connectivity index (χ1) is 9.25. The highest BCUT2D eigenvalue weighted by Crippen LogP contribution is 2.20. The number of amides is 1. The summed E-state index contributed by atoms with van der Waals surface area (Å²) in [7, 11) is 0. The maximum atomic E-state index is 12.2. The fourth-order valence-electron chi connectivity index (χ4n) is 1.84. The van der Waals surface area contributed by atoms with Crippen LogP contribution in [-0.4, -0.2) is 20.9 Å². The Kier molecular flexibility index (Phi) is 2.89. The zero-order chi connectivity index (χ0) is 13.2. The normalized spacial score (nSPS) is 10.6. The summed E-state index contributed by atoms with van der Waals surface area (Å²) in [5.41, 5.74) is 1.44. The van der Waals surface area contributed by atoms with Gasteiger partial charge in [-0.05, 0) is 6.07 Å². The number of para-hydroxylation sites is 1. The Hall–Kier alpha value is -2.40. The molecular weight excluding hydrogens is 264 g/mol. The van der Waals surface area contributed by atoms with Crippen LogP contribution >= 0.6 is 11.6 Å². The van der Waals surface area contributed by atoms with E-state index >= 15 is 0 Å². The lowest BCUT2D eigenvalue weighted by atomic mass is 10.1. The topological polar surface area (TPSA) is 70.7 Å². The van der Waals surface area contributed by atoms with Gasteiger partial charge in [0.2, 0.25) is 0 Å². The summed E-state index contributed by atoms with van der Waals surface area (Å²) in [5.74, 6) is -0.0284. The van der Waals surface area contributed by atoms with E-state index in [1.165, 1.54) is 12.4 Å². The van der Waals surface area contributed by atoms with Crippen molar-refractivity contribution in [2.45, 2.75) is 0 Å². The molecule has 3 rings (SSSR count). The molecule has 0 spiro atoms. The van der Waals surface area contributed by atoms with E-state index in [0.717, 1.165) is 10.9 Å². The Labute approximate surface area is 113 Å². The molecule has 0 saturated heterocycles. The summed E-state index contributed by atoms with van der Waals surface area (Å²) in [6.45, 7) is 0. The van der Waals surface area contributed by atoms with E-state index in [-0.39, 0.29) is 16.9 Å². The number of halogens is 1. The molecule has 19 heavy (non-hydrogen) atoms.